The molecule has 0 aliphatic rings. The molecule has 2 rings (SSSR count). The standard InChI is InChI=1S/C16H13BrFNO2/c1-21-13-7-8-14(17)15(10-13)19-16(20)9-4-11-2-5-12(18)6-3-11/h2-10H,1H3,(H,19,20). The number of benzene rings is 2. The molecule has 0 aliphatic carbocycles. The number of halogens is 2. The normalized spacial score (nSPS) is 10.6. The van der Waals surface area contributed by atoms with Crippen molar-refractivity contribution in [1.29, 1.82) is 0 Å². The van der Waals surface area contributed by atoms with Gasteiger partial charge in [0.05, 0.1) is 12.8 Å². The van der Waals surface area contributed by atoms with Crippen molar-refractivity contribution in [2.75, 3.05) is 12.4 Å². The zero-order chi connectivity index (χ0) is 15.2. The maximum absolute atomic E-state index is 12.8. The SMILES string of the molecule is COc1ccc(Br)c(NC(=O)C=Cc2ccc(F)cc2)c1. The van der Waals surface area contributed by atoms with Crippen molar-refractivity contribution in [2.45, 2.75) is 0 Å². The van der Waals surface area contributed by atoms with E-state index in [4.69, 9.17) is 4.74 Å². The summed E-state index contributed by atoms with van der Waals surface area (Å²) in [5.74, 6) is 0.0567. The average molecular weight is 350 g/mol. The molecule has 1 amide bonds. The lowest BCUT2D eigenvalue weighted by Gasteiger charge is -2.07. The second kappa shape index (κ2) is 7.04. The number of carbonyl (C=O) groups is 1. The fourth-order valence-corrected chi connectivity index (χ4v) is 1.99. The van der Waals surface area contributed by atoms with Crippen molar-refractivity contribution < 1.29 is 13.9 Å². The third-order valence-corrected chi connectivity index (χ3v) is 3.42. The van der Waals surface area contributed by atoms with E-state index in [2.05, 4.69) is 21.2 Å². The van der Waals surface area contributed by atoms with Crippen molar-refractivity contribution >= 4 is 33.6 Å². The molecule has 0 aliphatic heterocycles. The number of methoxy groups -OCH3 is 1. The number of rotatable bonds is 4. The number of hydrogen-bond acceptors (Lipinski definition) is 2. The molecule has 0 aromatic heterocycles. The van der Waals surface area contributed by atoms with Crippen LogP contribution in [0.25, 0.3) is 6.08 Å². The van der Waals surface area contributed by atoms with E-state index >= 15 is 0 Å². The summed E-state index contributed by atoms with van der Waals surface area (Å²) in [6.45, 7) is 0. The largest absolute Gasteiger partial charge is 0.497 e. The Balaban J connectivity index is 2.06. The molecule has 0 saturated carbocycles. The van der Waals surface area contributed by atoms with E-state index in [0.29, 0.717) is 11.4 Å². The van der Waals surface area contributed by atoms with E-state index in [9.17, 15) is 9.18 Å². The van der Waals surface area contributed by atoms with Gasteiger partial charge in [0.2, 0.25) is 5.91 Å². The molecule has 0 fully saturated rings. The molecule has 0 heterocycles. The summed E-state index contributed by atoms with van der Waals surface area (Å²) in [7, 11) is 1.56. The Morgan fingerprint density at radius 2 is 1.95 bits per heavy atom. The molecule has 0 unspecified atom stereocenters. The van der Waals surface area contributed by atoms with Gasteiger partial charge in [0, 0.05) is 16.6 Å². The van der Waals surface area contributed by atoms with Crippen LogP contribution in [-0.2, 0) is 4.79 Å². The Bertz CT molecular complexity index is 668. The predicted octanol–water partition coefficient (Wildman–Crippen LogP) is 4.25. The zero-order valence-corrected chi connectivity index (χ0v) is 12.9. The second-order valence-electron chi connectivity index (χ2n) is 4.22. The van der Waals surface area contributed by atoms with Gasteiger partial charge >= 0.3 is 0 Å². The van der Waals surface area contributed by atoms with E-state index in [1.807, 2.05) is 0 Å². The van der Waals surface area contributed by atoms with E-state index in [1.165, 1.54) is 18.2 Å². The number of nitrogens with one attached hydrogen (secondary N) is 1. The fraction of sp³-hybridized carbons (Fsp3) is 0.0625. The van der Waals surface area contributed by atoms with E-state index in [-0.39, 0.29) is 11.7 Å². The van der Waals surface area contributed by atoms with Crippen molar-refractivity contribution in [3.05, 3.63) is 64.4 Å². The maximum atomic E-state index is 12.8. The van der Waals surface area contributed by atoms with Gasteiger partial charge in [-0.25, -0.2) is 4.39 Å². The van der Waals surface area contributed by atoms with Crippen LogP contribution in [0.1, 0.15) is 5.56 Å². The van der Waals surface area contributed by atoms with Crippen LogP contribution in [0.2, 0.25) is 0 Å². The highest BCUT2D eigenvalue weighted by Gasteiger charge is 2.04. The molecule has 108 valence electrons. The third-order valence-electron chi connectivity index (χ3n) is 2.73. The lowest BCUT2D eigenvalue weighted by atomic mass is 10.2. The Hall–Kier alpha value is -2.14. The van der Waals surface area contributed by atoms with Crippen molar-refractivity contribution in [1.82, 2.24) is 0 Å². The van der Waals surface area contributed by atoms with Crippen LogP contribution in [0.5, 0.6) is 5.75 Å². The first kappa shape index (κ1) is 15.3. The van der Waals surface area contributed by atoms with Gasteiger partial charge < -0.3 is 10.1 Å². The summed E-state index contributed by atoms with van der Waals surface area (Å²) in [5.41, 5.74) is 1.36. The minimum absolute atomic E-state index is 0.284. The van der Waals surface area contributed by atoms with Gasteiger partial charge in [-0.3, -0.25) is 4.79 Å². The summed E-state index contributed by atoms with van der Waals surface area (Å²) in [4.78, 5) is 11.9. The first-order valence-corrected chi connectivity index (χ1v) is 6.96. The molecule has 0 radical (unpaired) electrons. The van der Waals surface area contributed by atoms with E-state index in [1.54, 1.807) is 43.5 Å². The fourth-order valence-electron chi connectivity index (χ4n) is 1.65. The van der Waals surface area contributed by atoms with Gasteiger partial charge in [0.15, 0.2) is 0 Å². The molecule has 0 bridgehead atoms. The van der Waals surface area contributed by atoms with Gasteiger partial charge in [-0.2, -0.15) is 0 Å². The molecule has 0 saturated heterocycles. The molecule has 0 spiro atoms. The molecule has 0 atom stereocenters. The minimum Gasteiger partial charge on any atom is -0.497 e. The van der Waals surface area contributed by atoms with Gasteiger partial charge in [0.1, 0.15) is 11.6 Å². The second-order valence-corrected chi connectivity index (χ2v) is 5.07. The highest BCUT2D eigenvalue weighted by molar-refractivity contribution is 9.10. The average Bonchev–Trinajstić information content (AvgIpc) is 2.49. The molecular formula is C16H13BrFNO2. The van der Waals surface area contributed by atoms with Gasteiger partial charge in [0.25, 0.3) is 0 Å². The summed E-state index contributed by atoms with van der Waals surface area (Å²) in [6, 6.07) is 11.2. The zero-order valence-electron chi connectivity index (χ0n) is 11.3. The number of carbonyl (C=O) groups excluding carboxylic acids is 1. The van der Waals surface area contributed by atoms with Gasteiger partial charge in [-0.15, -0.1) is 0 Å². The molecule has 2 aromatic carbocycles. The Morgan fingerprint density at radius 3 is 2.62 bits per heavy atom. The maximum Gasteiger partial charge on any atom is 0.248 e. The molecule has 5 heteroatoms. The lowest BCUT2D eigenvalue weighted by Crippen LogP contribution is -2.08. The Labute approximate surface area is 130 Å². The summed E-state index contributed by atoms with van der Waals surface area (Å²) in [5, 5.41) is 2.74. The third kappa shape index (κ3) is 4.43. The van der Waals surface area contributed by atoms with Crippen LogP contribution in [0, 0.1) is 5.82 Å². The molecule has 21 heavy (non-hydrogen) atoms. The van der Waals surface area contributed by atoms with Crippen LogP contribution in [0.15, 0.2) is 53.0 Å². The highest BCUT2D eigenvalue weighted by Crippen LogP contribution is 2.27. The first-order chi connectivity index (χ1) is 10.1. The van der Waals surface area contributed by atoms with Crippen molar-refractivity contribution in [3.63, 3.8) is 0 Å². The monoisotopic (exact) mass is 349 g/mol. The van der Waals surface area contributed by atoms with Gasteiger partial charge in [-0.1, -0.05) is 12.1 Å². The topological polar surface area (TPSA) is 38.3 Å². The smallest absolute Gasteiger partial charge is 0.248 e. The molecule has 1 N–H and O–H groups in total. The van der Waals surface area contributed by atoms with Crippen molar-refractivity contribution in [2.24, 2.45) is 0 Å². The van der Waals surface area contributed by atoms with Gasteiger partial charge in [-0.05, 0) is 51.8 Å². The quantitative estimate of drug-likeness (QED) is 0.838. The molecular weight excluding hydrogens is 337 g/mol. The molecule has 2 aromatic rings. The van der Waals surface area contributed by atoms with Crippen LogP contribution >= 0.6 is 15.9 Å². The van der Waals surface area contributed by atoms with Crippen LogP contribution < -0.4 is 10.1 Å². The number of anilines is 1. The van der Waals surface area contributed by atoms with Crippen LogP contribution in [-0.4, -0.2) is 13.0 Å². The summed E-state index contributed by atoms with van der Waals surface area (Å²) < 4.78 is 18.6. The van der Waals surface area contributed by atoms with Crippen molar-refractivity contribution in [3.8, 4) is 5.75 Å². The Morgan fingerprint density at radius 1 is 1.24 bits per heavy atom. The van der Waals surface area contributed by atoms with Crippen LogP contribution in [0.3, 0.4) is 0 Å². The Kier molecular flexibility index (Phi) is 5.11. The highest BCUT2D eigenvalue weighted by atomic mass is 79.9. The lowest BCUT2D eigenvalue weighted by molar-refractivity contribution is -0.111. The number of hydrogen-bond donors (Lipinski definition) is 1. The van der Waals surface area contributed by atoms with Crippen LogP contribution in [0.4, 0.5) is 10.1 Å². The van der Waals surface area contributed by atoms with E-state index in [0.717, 1.165) is 10.0 Å². The van der Waals surface area contributed by atoms with E-state index < -0.39 is 0 Å². The molecule has 3 nitrogen and oxygen atoms in total. The first-order valence-electron chi connectivity index (χ1n) is 6.16. The summed E-state index contributed by atoms with van der Waals surface area (Å²) in [6.07, 6.45) is 3.00. The number of amides is 1. The summed E-state index contributed by atoms with van der Waals surface area (Å²) >= 11 is 3.36. The predicted molar refractivity (Wildman–Crippen MR) is 84.8 cm³/mol. The number of ether oxygens (including phenoxy) is 1. The minimum atomic E-state index is -0.308.